The standard InChI is InChI=1S/C18H17ClN4OS/c1-11-3-6-13(7-4-11)17-22-16(24-23-17)10-20-18(25)21-14-8-5-12(2)15(19)9-14/h3-9H,10H2,1-2H3,(H2,20,21,25). The Morgan fingerprint density at radius 2 is 1.92 bits per heavy atom. The number of benzene rings is 2. The van der Waals surface area contributed by atoms with E-state index in [4.69, 9.17) is 28.3 Å². The monoisotopic (exact) mass is 372 g/mol. The molecule has 0 amide bonds. The van der Waals surface area contributed by atoms with Gasteiger partial charge in [0.15, 0.2) is 5.11 Å². The van der Waals surface area contributed by atoms with Gasteiger partial charge >= 0.3 is 0 Å². The van der Waals surface area contributed by atoms with Crippen LogP contribution in [-0.4, -0.2) is 15.3 Å². The predicted octanol–water partition coefficient (Wildman–Crippen LogP) is 4.49. The fourth-order valence-corrected chi connectivity index (χ4v) is 2.52. The molecule has 5 nitrogen and oxygen atoms in total. The summed E-state index contributed by atoms with van der Waals surface area (Å²) in [6, 6.07) is 13.6. The molecule has 2 N–H and O–H groups in total. The molecule has 25 heavy (non-hydrogen) atoms. The number of thiocarbonyl (C=S) groups is 1. The summed E-state index contributed by atoms with van der Waals surface area (Å²) in [5, 5.41) is 11.2. The molecule has 0 spiro atoms. The Balaban J connectivity index is 1.57. The van der Waals surface area contributed by atoms with Gasteiger partial charge in [-0.1, -0.05) is 52.7 Å². The molecule has 0 bridgehead atoms. The smallest absolute Gasteiger partial charge is 0.246 e. The third-order valence-electron chi connectivity index (χ3n) is 3.61. The van der Waals surface area contributed by atoms with Crippen molar-refractivity contribution < 1.29 is 4.52 Å². The summed E-state index contributed by atoms with van der Waals surface area (Å²) in [6.07, 6.45) is 0. The molecule has 0 aliphatic heterocycles. The predicted molar refractivity (Wildman–Crippen MR) is 104 cm³/mol. The van der Waals surface area contributed by atoms with Crippen molar-refractivity contribution in [3.8, 4) is 11.4 Å². The molecular formula is C18H17ClN4OS. The average Bonchev–Trinajstić information content (AvgIpc) is 3.06. The molecule has 1 heterocycles. The summed E-state index contributed by atoms with van der Waals surface area (Å²) in [4.78, 5) is 4.37. The van der Waals surface area contributed by atoms with Crippen molar-refractivity contribution >= 4 is 34.6 Å². The lowest BCUT2D eigenvalue weighted by atomic mass is 10.1. The summed E-state index contributed by atoms with van der Waals surface area (Å²) in [6.45, 7) is 4.32. The fraction of sp³-hybridized carbons (Fsp3) is 0.167. The zero-order valence-corrected chi connectivity index (χ0v) is 15.4. The first-order valence-electron chi connectivity index (χ1n) is 7.72. The minimum Gasteiger partial charge on any atom is -0.353 e. The summed E-state index contributed by atoms with van der Waals surface area (Å²) < 4.78 is 5.25. The molecule has 0 atom stereocenters. The largest absolute Gasteiger partial charge is 0.353 e. The first-order valence-corrected chi connectivity index (χ1v) is 8.50. The third-order valence-corrected chi connectivity index (χ3v) is 4.26. The lowest BCUT2D eigenvalue weighted by Gasteiger charge is -2.09. The van der Waals surface area contributed by atoms with Crippen molar-refractivity contribution in [2.75, 3.05) is 5.32 Å². The van der Waals surface area contributed by atoms with Gasteiger partial charge in [0.25, 0.3) is 0 Å². The highest BCUT2D eigenvalue weighted by atomic mass is 35.5. The quantitative estimate of drug-likeness (QED) is 0.658. The summed E-state index contributed by atoms with van der Waals surface area (Å²) in [7, 11) is 0. The molecule has 7 heteroatoms. The molecule has 0 saturated heterocycles. The lowest BCUT2D eigenvalue weighted by Crippen LogP contribution is -2.28. The van der Waals surface area contributed by atoms with E-state index in [0.29, 0.717) is 28.4 Å². The lowest BCUT2D eigenvalue weighted by molar-refractivity contribution is 0.376. The molecule has 0 saturated carbocycles. The van der Waals surface area contributed by atoms with Gasteiger partial charge in [-0.25, -0.2) is 0 Å². The highest BCUT2D eigenvalue weighted by Gasteiger charge is 2.09. The van der Waals surface area contributed by atoms with Crippen LogP contribution in [0, 0.1) is 13.8 Å². The van der Waals surface area contributed by atoms with E-state index in [0.717, 1.165) is 16.8 Å². The number of rotatable bonds is 4. The van der Waals surface area contributed by atoms with Crippen LogP contribution in [0.4, 0.5) is 5.69 Å². The Morgan fingerprint density at radius 1 is 1.16 bits per heavy atom. The highest BCUT2D eigenvalue weighted by molar-refractivity contribution is 7.80. The Kier molecular flexibility index (Phi) is 5.31. The van der Waals surface area contributed by atoms with Gasteiger partial charge < -0.3 is 15.2 Å². The maximum Gasteiger partial charge on any atom is 0.246 e. The number of anilines is 1. The average molecular weight is 373 g/mol. The van der Waals surface area contributed by atoms with Crippen molar-refractivity contribution in [2.45, 2.75) is 20.4 Å². The number of hydrogen-bond acceptors (Lipinski definition) is 4. The van der Waals surface area contributed by atoms with Gasteiger partial charge in [0, 0.05) is 16.3 Å². The van der Waals surface area contributed by atoms with Gasteiger partial charge in [-0.3, -0.25) is 0 Å². The summed E-state index contributed by atoms with van der Waals surface area (Å²) >= 11 is 11.4. The van der Waals surface area contributed by atoms with Gasteiger partial charge in [0.2, 0.25) is 11.7 Å². The van der Waals surface area contributed by atoms with E-state index < -0.39 is 0 Å². The molecule has 3 rings (SSSR count). The van der Waals surface area contributed by atoms with E-state index in [-0.39, 0.29) is 0 Å². The molecule has 3 aromatic rings. The van der Waals surface area contributed by atoms with Crippen LogP contribution >= 0.6 is 23.8 Å². The van der Waals surface area contributed by atoms with Crippen LogP contribution in [0.25, 0.3) is 11.4 Å². The summed E-state index contributed by atoms with van der Waals surface area (Å²) in [5.41, 5.74) is 3.93. The Morgan fingerprint density at radius 3 is 2.64 bits per heavy atom. The molecule has 0 fully saturated rings. The Bertz CT molecular complexity index is 892. The maximum atomic E-state index is 6.10. The first-order chi connectivity index (χ1) is 12.0. The van der Waals surface area contributed by atoms with Gasteiger partial charge in [0.05, 0.1) is 6.54 Å². The van der Waals surface area contributed by atoms with E-state index >= 15 is 0 Å². The van der Waals surface area contributed by atoms with E-state index in [1.165, 1.54) is 5.56 Å². The van der Waals surface area contributed by atoms with Crippen molar-refractivity contribution in [1.82, 2.24) is 15.5 Å². The van der Waals surface area contributed by atoms with Crippen LogP contribution in [0.15, 0.2) is 47.0 Å². The SMILES string of the molecule is Cc1ccc(-c2noc(CNC(=S)Nc3ccc(C)c(Cl)c3)n2)cc1. The number of nitrogens with zero attached hydrogens (tertiary/aromatic N) is 2. The van der Waals surface area contributed by atoms with Gasteiger partial charge in [-0.15, -0.1) is 0 Å². The zero-order chi connectivity index (χ0) is 17.8. The second kappa shape index (κ2) is 7.63. The molecule has 0 radical (unpaired) electrons. The van der Waals surface area contributed by atoms with Crippen molar-refractivity contribution in [2.24, 2.45) is 0 Å². The van der Waals surface area contributed by atoms with E-state index in [9.17, 15) is 0 Å². The van der Waals surface area contributed by atoms with E-state index in [1.807, 2.05) is 56.3 Å². The van der Waals surface area contributed by atoms with Crippen LogP contribution in [0.3, 0.4) is 0 Å². The van der Waals surface area contributed by atoms with Crippen LogP contribution in [-0.2, 0) is 6.54 Å². The van der Waals surface area contributed by atoms with Crippen molar-refractivity contribution in [3.05, 3.63) is 64.5 Å². The first kappa shape index (κ1) is 17.4. The Labute approximate surface area is 156 Å². The zero-order valence-electron chi connectivity index (χ0n) is 13.8. The third kappa shape index (κ3) is 4.55. The second-order valence-electron chi connectivity index (χ2n) is 5.65. The number of aromatic nitrogens is 2. The molecule has 0 aliphatic rings. The number of halogens is 1. The van der Waals surface area contributed by atoms with Crippen LogP contribution in [0.5, 0.6) is 0 Å². The number of hydrogen-bond donors (Lipinski definition) is 2. The normalized spacial score (nSPS) is 10.5. The van der Waals surface area contributed by atoms with E-state index in [2.05, 4.69) is 20.8 Å². The van der Waals surface area contributed by atoms with E-state index in [1.54, 1.807) is 0 Å². The maximum absolute atomic E-state index is 6.10. The minimum absolute atomic E-state index is 0.338. The highest BCUT2D eigenvalue weighted by Crippen LogP contribution is 2.20. The van der Waals surface area contributed by atoms with Gasteiger partial charge in [-0.2, -0.15) is 4.98 Å². The van der Waals surface area contributed by atoms with Crippen LogP contribution in [0.2, 0.25) is 5.02 Å². The molecular weight excluding hydrogens is 356 g/mol. The van der Waals surface area contributed by atoms with Gasteiger partial charge in [0.1, 0.15) is 0 Å². The Hall–Kier alpha value is -2.44. The van der Waals surface area contributed by atoms with Crippen LogP contribution < -0.4 is 10.6 Å². The topological polar surface area (TPSA) is 63.0 Å². The second-order valence-corrected chi connectivity index (χ2v) is 6.46. The number of nitrogens with one attached hydrogen (secondary N) is 2. The molecule has 0 unspecified atom stereocenters. The molecule has 0 aliphatic carbocycles. The van der Waals surface area contributed by atoms with Crippen LogP contribution in [0.1, 0.15) is 17.0 Å². The molecule has 1 aromatic heterocycles. The summed E-state index contributed by atoms with van der Waals surface area (Å²) in [5.74, 6) is 1.02. The number of aryl methyl sites for hydroxylation is 2. The van der Waals surface area contributed by atoms with Crippen molar-refractivity contribution in [3.63, 3.8) is 0 Å². The minimum atomic E-state index is 0.338. The van der Waals surface area contributed by atoms with Crippen molar-refractivity contribution in [1.29, 1.82) is 0 Å². The van der Waals surface area contributed by atoms with Gasteiger partial charge in [-0.05, 0) is 43.8 Å². The molecule has 2 aromatic carbocycles. The fourth-order valence-electron chi connectivity index (χ4n) is 2.15. The molecule has 128 valence electrons.